The first kappa shape index (κ1) is 17.7. The molecule has 140 valence electrons. The van der Waals surface area contributed by atoms with Crippen molar-refractivity contribution in [3.05, 3.63) is 59.5 Å². The van der Waals surface area contributed by atoms with Crippen LogP contribution in [0.5, 0.6) is 0 Å². The standard InChI is InChI=1S/C21H25N5O/c1-25(2)21(27)18-12-23-24-20(18)16-6-5-11-26(14-16)13-15-9-10-22-19-8-4-3-7-17(15)19/h3-4,7-10,12,16H,5-6,11,13-14H2,1-2H3,(H,23,24). The molecule has 0 saturated carbocycles. The number of nitrogens with one attached hydrogen (secondary N) is 1. The lowest BCUT2D eigenvalue weighted by atomic mass is 9.92. The van der Waals surface area contributed by atoms with Crippen molar-refractivity contribution in [3.8, 4) is 0 Å². The van der Waals surface area contributed by atoms with E-state index in [1.54, 1.807) is 25.2 Å². The van der Waals surface area contributed by atoms with Crippen LogP contribution in [0.15, 0.2) is 42.7 Å². The molecule has 0 bridgehead atoms. The van der Waals surface area contributed by atoms with Gasteiger partial charge in [0.15, 0.2) is 0 Å². The first-order valence-electron chi connectivity index (χ1n) is 9.43. The third-order valence-electron chi connectivity index (χ3n) is 5.35. The van der Waals surface area contributed by atoms with Gasteiger partial charge < -0.3 is 4.90 Å². The second kappa shape index (κ2) is 7.48. The zero-order valence-electron chi connectivity index (χ0n) is 15.9. The molecule has 27 heavy (non-hydrogen) atoms. The number of H-pyrrole nitrogens is 1. The molecule has 0 radical (unpaired) electrons. The fourth-order valence-corrected chi connectivity index (χ4v) is 3.99. The van der Waals surface area contributed by atoms with Crippen molar-refractivity contribution < 1.29 is 4.79 Å². The first-order valence-corrected chi connectivity index (χ1v) is 9.43. The van der Waals surface area contributed by atoms with E-state index in [0.717, 1.165) is 43.7 Å². The van der Waals surface area contributed by atoms with Crippen molar-refractivity contribution in [2.75, 3.05) is 27.2 Å². The van der Waals surface area contributed by atoms with Crippen LogP contribution < -0.4 is 0 Å². The van der Waals surface area contributed by atoms with Gasteiger partial charge >= 0.3 is 0 Å². The van der Waals surface area contributed by atoms with Crippen molar-refractivity contribution >= 4 is 16.8 Å². The Morgan fingerprint density at radius 3 is 3.00 bits per heavy atom. The summed E-state index contributed by atoms with van der Waals surface area (Å²) in [4.78, 5) is 21.0. The minimum Gasteiger partial charge on any atom is -0.345 e. The molecule has 0 aliphatic carbocycles. The average Bonchev–Trinajstić information content (AvgIpc) is 3.17. The highest BCUT2D eigenvalue weighted by Gasteiger charge is 2.27. The molecular formula is C21H25N5O. The Bertz CT molecular complexity index is 943. The topological polar surface area (TPSA) is 65.1 Å². The number of fused-ring (bicyclic) bond motifs is 1. The summed E-state index contributed by atoms with van der Waals surface area (Å²) in [5.41, 5.74) is 4.01. The Hall–Kier alpha value is -2.73. The number of amides is 1. The molecule has 1 fully saturated rings. The summed E-state index contributed by atoms with van der Waals surface area (Å²) >= 11 is 0. The van der Waals surface area contributed by atoms with Gasteiger partial charge in [0.2, 0.25) is 0 Å². The summed E-state index contributed by atoms with van der Waals surface area (Å²) in [6.07, 6.45) is 5.74. The highest BCUT2D eigenvalue weighted by molar-refractivity contribution is 5.94. The number of pyridine rings is 1. The molecule has 3 heterocycles. The summed E-state index contributed by atoms with van der Waals surface area (Å²) in [7, 11) is 3.56. The molecule has 1 N–H and O–H groups in total. The van der Waals surface area contributed by atoms with Crippen LogP contribution in [0.25, 0.3) is 10.9 Å². The molecule has 4 rings (SSSR count). The number of piperidine rings is 1. The second-order valence-corrected chi connectivity index (χ2v) is 7.46. The van der Waals surface area contributed by atoms with Crippen LogP contribution in [-0.4, -0.2) is 58.1 Å². The second-order valence-electron chi connectivity index (χ2n) is 7.46. The van der Waals surface area contributed by atoms with Crippen LogP contribution in [0.2, 0.25) is 0 Å². The lowest BCUT2D eigenvalue weighted by molar-refractivity contribution is 0.0825. The number of nitrogens with zero attached hydrogens (tertiary/aromatic N) is 4. The number of likely N-dealkylation sites (tertiary alicyclic amines) is 1. The molecule has 3 aromatic rings. The van der Waals surface area contributed by atoms with Crippen LogP contribution in [0, 0.1) is 0 Å². The van der Waals surface area contributed by atoms with Gasteiger partial charge in [-0.15, -0.1) is 0 Å². The maximum absolute atomic E-state index is 12.4. The molecule has 6 heteroatoms. The van der Waals surface area contributed by atoms with Gasteiger partial charge in [0, 0.05) is 44.7 Å². The fourth-order valence-electron chi connectivity index (χ4n) is 3.99. The van der Waals surface area contributed by atoms with Crippen LogP contribution in [0.1, 0.15) is 40.4 Å². The lowest BCUT2D eigenvalue weighted by Gasteiger charge is -2.33. The van der Waals surface area contributed by atoms with E-state index < -0.39 is 0 Å². The van der Waals surface area contributed by atoms with Crippen LogP contribution in [0.4, 0.5) is 0 Å². The highest BCUT2D eigenvalue weighted by atomic mass is 16.2. The van der Waals surface area contributed by atoms with Crippen molar-refractivity contribution in [3.63, 3.8) is 0 Å². The monoisotopic (exact) mass is 363 g/mol. The normalized spacial score (nSPS) is 17.9. The van der Waals surface area contributed by atoms with Gasteiger partial charge in [0.25, 0.3) is 5.91 Å². The SMILES string of the molecule is CN(C)C(=O)c1cn[nH]c1C1CCCN(Cc2ccnc3ccccc23)C1. The molecule has 1 aromatic carbocycles. The number of aromatic nitrogens is 3. The van der Waals surface area contributed by atoms with Gasteiger partial charge in [-0.25, -0.2) is 0 Å². The number of carbonyl (C=O) groups excluding carboxylic acids is 1. The number of aromatic amines is 1. The molecule has 1 unspecified atom stereocenters. The summed E-state index contributed by atoms with van der Waals surface area (Å²) in [6.45, 7) is 2.88. The largest absolute Gasteiger partial charge is 0.345 e. The summed E-state index contributed by atoms with van der Waals surface area (Å²) in [6, 6.07) is 10.4. The van der Waals surface area contributed by atoms with Crippen molar-refractivity contribution in [1.29, 1.82) is 0 Å². The highest BCUT2D eigenvalue weighted by Crippen LogP contribution is 2.29. The number of rotatable bonds is 4. The van der Waals surface area contributed by atoms with Crippen LogP contribution in [-0.2, 0) is 6.54 Å². The average molecular weight is 363 g/mol. The molecule has 6 nitrogen and oxygen atoms in total. The Balaban J connectivity index is 1.54. The van der Waals surface area contributed by atoms with E-state index in [4.69, 9.17) is 0 Å². The predicted molar refractivity (Wildman–Crippen MR) is 106 cm³/mol. The minimum absolute atomic E-state index is 0.0102. The van der Waals surface area contributed by atoms with E-state index in [2.05, 4.69) is 44.3 Å². The molecule has 1 amide bonds. The van der Waals surface area contributed by atoms with E-state index in [0.29, 0.717) is 11.5 Å². The predicted octanol–water partition coefficient (Wildman–Crippen LogP) is 3.04. The number of benzene rings is 1. The number of hydrogen-bond donors (Lipinski definition) is 1. The lowest BCUT2D eigenvalue weighted by Crippen LogP contribution is -2.35. The van der Waals surface area contributed by atoms with E-state index in [1.165, 1.54) is 10.9 Å². The molecule has 1 aliphatic heterocycles. The Morgan fingerprint density at radius 2 is 2.15 bits per heavy atom. The maximum Gasteiger partial charge on any atom is 0.256 e. The van der Waals surface area contributed by atoms with E-state index in [-0.39, 0.29) is 5.91 Å². The fraction of sp³-hybridized carbons (Fsp3) is 0.381. The molecule has 0 spiro atoms. The molecule has 1 saturated heterocycles. The third kappa shape index (κ3) is 3.57. The Kier molecular flexibility index (Phi) is 4.90. The zero-order chi connectivity index (χ0) is 18.8. The Morgan fingerprint density at radius 1 is 1.30 bits per heavy atom. The molecule has 1 aliphatic rings. The molecular weight excluding hydrogens is 338 g/mol. The van der Waals surface area contributed by atoms with Gasteiger partial charge in [-0.05, 0) is 37.1 Å². The van der Waals surface area contributed by atoms with Gasteiger partial charge in [0.05, 0.1) is 23.0 Å². The zero-order valence-corrected chi connectivity index (χ0v) is 15.9. The number of para-hydroxylation sites is 1. The smallest absolute Gasteiger partial charge is 0.256 e. The summed E-state index contributed by atoms with van der Waals surface area (Å²) in [5, 5.41) is 8.46. The van der Waals surface area contributed by atoms with E-state index in [9.17, 15) is 4.79 Å². The van der Waals surface area contributed by atoms with E-state index in [1.807, 2.05) is 12.3 Å². The number of carbonyl (C=O) groups is 1. The van der Waals surface area contributed by atoms with Crippen molar-refractivity contribution in [2.24, 2.45) is 0 Å². The third-order valence-corrected chi connectivity index (χ3v) is 5.35. The summed E-state index contributed by atoms with van der Waals surface area (Å²) < 4.78 is 0. The maximum atomic E-state index is 12.4. The summed E-state index contributed by atoms with van der Waals surface area (Å²) in [5.74, 6) is 0.309. The quantitative estimate of drug-likeness (QED) is 0.774. The minimum atomic E-state index is 0.0102. The van der Waals surface area contributed by atoms with Crippen LogP contribution in [0.3, 0.4) is 0 Å². The first-order chi connectivity index (χ1) is 13.1. The Labute approximate surface area is 159 Å². The van der Waals surface area contributed by atoms with Gasteiger partial charge in [-0.2, -0.15) is 5.10 Å². The van der Waals surface area contributed by atoms with Crippen molar-refractivity contribution in [2.45, 2.75) is 25.3 Å². The molecule has 1 atom stereocenters. The van der Waals surface area contributed by atoms with Gasteiger partial charge in [-0.3, -0.25) is 19.8 Å². The number of hydrogen-bond acceptors (Lipinski definition) is 4. The van der Waals surface area contributed by atoms with Crippen LogP contribution >= 0.6 is 0 Å². The molecule has 2 aromatic heterocycles. The van der Waals surface area contributed by atoms with Gasteiger partial charge in [-0.1, -0.05) is 18.2 Å². The van der Waals surface area contributed by atoms with Crippen molar-refractivity contribution in [1.82, 2.24) is 25.0 Å². The van der Waals surface area contributed by atoms with E-state index >= 15 is 0 Å². The van der Waals surface area contributed by atoms with Gasteiger partial charge in [0.1, 0.15) is 0 Å².